The number of aromatic nitrogens is 2. The average Bonchev–Trinajstić information content (AvgIpc) is 3.04. The average molecular weight is 432 g/mol. The van der Waals surface area contributed by atoms with Crippen LogP contribution in [0.25, 0.3) is 5.69 Å². The van der Waals surface area contributed by atoms with Gasteiger partial charge >= 0.3 is 0 Å². The molecule has 0 saturated carbocycles. The maximum Gasteiger partial charge on any atom is 0.235 e. The van der Waals surface area contributed by atoms with Gasteiger partial charge in [-0.25, -0.2) is 4.98 Å². The third-order valence-electron chi connectivity index (χ3n) is 4.60. The van der Waals surface area contributed by atoms with Gasteiger partial charge in [-0.1, -0.05) is 11.6 Å². The number of methoxy groups -OCH3 is 2. The molecule has 2 heterocycles. The highest BCUT2D eigenvalue weighted by Crippen LogP contribution is 2.46. The number of benzene rings is 2. The summed E-state index contributed by atoms with van der Waals surface area (Å²) in [5.41, 5.74) is 2.48. The highest BCUT2D eigenvalue weighted by Gasteiger charge is 2.30. The molecule has 1 aliphatic heterocycles. The molecule has 1 amide bonds. The summed E-state index contributed by atoms with van der Waals surface area (Å²) in [5, 5.41) is 13.5. The Morgan fingerprint density at radius 2 is 1.86 bits per heavy atom. The van der Waals surface area contributed by atoms with Gasteiger partial charge in [-0.15, -0.1) is 11.8 Å². The fourth-order valence-electron chi connectivity index (χ4n) is 3.24. The van der Waals surface area contributed by atoms with E-state index in [0.717, 1.165) is 16.9 Å². The summed E-state index contributed by atoms with van der Waals surface area (Å²) in [5.74, 6) is 1.14. The molecular formula is C20H18ClN3O4S. The predicted molar refractivity (Wildman–Crippen MR) is 113 cm³/mol. The number of carbonyl (C=O) groups excluding carboxylic acids is 1. The van der Waals surface area contributed by atoms with Gasteiger partial charge in [0.1, 0.15) is 6.33 Å². The van der Waals surface area contributed by atoms with Crippen LogP contribution in [-0.2, 0) is 4.79 Å². The second kappa shape index (κ2) is 7.88. The van der Waals surface area contributed by atoms with Crippen molar-refractivity contribution < 1.29 is 19.4 Å². The van der Waals surface area contributed by atoms with Gasteiger partial charge in [0, 0.05) is 10.7 Å². The fraction of sp³-hybridized carbons (Fsp3) is 0.200. The Hall–Kier alpha value is -2.84. The van der Waals surface area contributed by atoms with Crippen LogP contribution < -0.4 is 14.8 Å². The topological polar surface area (TPSA) is 85.6 Å². The van der Waals surface area contributed by atoms with Crippen LogP contribution in [0.15, 0.2) is 42.7 Å². The van der Waals surface area contributed by atoms with Gasteiger partial charge < -0.3 is 19.9 Å². The first kappa shape index (κ1) is 19.5. The van der Waals surface area contributed by atoms with Gasteiger partial charge in [-0.3, -0.25) is 9.36 Å². The summed E-state index contributed by atoms with van der Waals surface area (Å²) >= 11 is 7.49. The van der Waals surface area contributed by atoms with Crippen LogP contribution in [-0.4, -0.2) is 40.5 Å². The lowest BCUT2D eigenvalue weighted by atomic mass is 10.1. The zero-order valence-corrected chi connectivity index (χ0v) is 17.3. The maximum absolute atomic E-state index is 12.2. The molecule has 150 valence electrons. The highest BCUT2D eigenvalue weighted by atomic mass is 35.5. The normalized spacial score (nSPS) is 16.0. The number of nitrogens with one attached hydrogen (secondary N) is 1. The number of hydrogen-bond acceptors (Lipinski definition) is 6. The SMILES string of the molecule is COc1cc([C@H]2SCC(=O)Nc3ncn(-c4ccc(Cl)cc4)c32)cc(OC)c1O. The Balaban J connectivity index is 1.90. The molecule has 29 heavy (non-hydrogen) atoms. The largest absolute Gasteiger partial charge is 0.502 e. The first-order chi connectivity index (χ1) is 14.0. The number of ether oxygens (including phenoxy) is 2. The predicted octanol–water partition coefficient (Wildman–Crippen LogP) is 4.02. The van der Waals surface area contributed by atoms with E-state index in [1.807, 2.05) is 16.7 Å². The molecule has 1 atom stereocenters. The molecule has 0 fully saturated rings. The number of aromatic hydroxyl groups is 1. The number of thioether (sulfide) groups is 1. The summed E-state index contributed by atoms with van der Waals surface area (Å²) in [7, 11) is 2.96. The number of carbonyl (C=O) groups is 1. The number of imidazole rings is 1. The van der Waals surface area contributed by atoms with Crippen molar-refractivity contribution in [3.63, 3.8) is 0 Å². The number of amides is 1. The van der Waals surface area contributed by atoms with Gasteiger partial charge in [0.25, 0.3) is 0 Å². The molecule has 1 aromatic heterocycles. The molecule has 9 heteroatoms. The zero-order valence-electron chi connectivity index (χ0n) is 15.7. The molecular weight excluding hydrogens is 414 g/mol. The lowest BCUT2D eigenvalue weighted by Crippen LogP contribution is -2.12. The smallest absolute Gasteiger partial charge is 0.235 e. The van der Waals surface area contributed by atoms with Crippen molar-refractivity contribution in [3.05, 3.63) is 59.0 Å². The Morgan fingerprint density at radius 1 is 1.21 bits per heavy atom. The minimum absolute atomic E-state index is 0.0713. The molecule has 0 bridgehead atoms. The molecule has 7 nitrogen and oxygen atoms in total. The van der Waals surface area contributed by atoms with Crippen molar-refractivity contribution in [3.8, 4) is 22.9 Å². The number of phenols is 1. The van der Waals surface area contributed by atoms with E-state index in [2.05, 4.69) is 10.3 Å². The van der Waals surface area contributed by atoms with Crippen LogP contribution >= 0.6 is 23.4 Å². The highest BCUT2D eigenvalue weighted by molar-refractivity contribution is 8.00. The van der Waals surface area contributed by atoms with E-state index < -0.39 is 0 Å². The van der Waals surface area contributed by atoms with Crippen LogP contribution in [0.2, 0.25) is 5.02 Å². The zero-order chi connectivity index (χ0) is 20.5. The van der Waals surface area contributed by atoms with Crippen molar-refractivity contribution >= 4 is 35.1 Å². The van der Waals surface area contributed by atoms with Gasteiger partial charge in [0.2, 0.25) is 11.7 Å². The fourth-order valence-corrected chi connectivity index (χ4v) is 4.47. The Morgan fingerprint density at radius 3 is 2.48 bits per heavy atom. The molecule has 1 aliphatic rings. The molecule has 2 aromatic carbocycles. The van der Waals surface area contributed by atoms with Crippen molar-refractivity contribution in [2.45, 2.75) is 5.25 Å². The van der Waals surface area contributed by atoms with E-state index in [9.17, 15) is 9.90 Å². The summed E-state index contributed by atoms with van der Waals surface area (Å²) in [4.78, 5) is 16.6. The first-order valence-corrected chi connectivity index (χ1v) is 10.1. The lowest BCUT2D eigenvalue weighted by Gasteiger charge is -2.20. The van der Waals surface area contributed by atoms with Crippen LogP contribution in [0.1, 0.15) is 16.5 Å². The number of nitrogens with zero attached hydrogens (tertiary/aromatic N) is 2. The number of phenolic OH excluding ortho intramolecular Hbond substituents is 1. The molecule has 0 unspecified atom stereocenters. The minimum Gasteiger partial charge on any atom is -0.502 e. The monoisotopic (exact) mass is 431 g/mol. The number of halogens is 1. The molecule has 0 spiro atoms. The van der Waals surface area contributed by atoms with Crippen LogP contribution in [0, 0.1) is 0 Å². The summed E-state index contributed by atoms with van der Waals surface area (Å²) in [6.07, 6.45) is 1.67. The summed E-state index contributed by atoms with van der Waals surface area (Å²) < 4.78 is 12.5. The number of anilines is 1. The van der Waals surface area contributed by atoms with E-state index in [1.165, 1.54) is 26.0 Å². The number of hydrogen-bond donors (Lipinski definition) is 2. The van der Waals surface area contributed by atoms with Gasteiger partial charge in [0.05, 0.1) is 30.9 Å². The van der Waals surface area contributed by atoms with E-state index in [-0.39, 0.29) is 22.7 Å². The minimum atomic E-state index is -0.259. The van der Waals surface area contributed by atoms with E-state index in [4.69, 9.17) is 21.1 Å². The van der Waals surface area contributed by atoms with E-state index >= 15 is 0 Å². The molecule has 0 radical (unpaired) electrons. The van der Waals surface area contributed by atoms with Crippen LogP contribution in [0.5, 0.6) is 17.2 Å². The quantitative estimate of drug-likeness (QED) is 0.648. The molecule has 0 saturated heterocycles. The van der Waals surface area contributed by atoms with Gasteiger partial charge in [-0.2, -0.15) is 0 Å². The van der Waals surface area contributed by atoms with Gasteiger partial charge in [0.15, 0.2) is 17.3 Å². The summed E-state index contributed by atoms with van der Waals surface area (Å²) in [6.45, 7) is 0. The van der Waals surface area contributed by atoms with Crippen LogP contribution in [0.3, 0.4) is 0 Å². The maximum atomic E-state index is 12.2. The Kier molecular flexibility index (Phi) is 5.29. The third kappa shape index (κ3) is 3.61. The Bertz CT molecular complexity index is 1040. The van der Waals surface area contributed by atoms with Crippen LogP contribution in [0.4, 0.5) is 5.82 Å². The molecule has 4 rings (SSSR count). The number of rotatable bonds is 4. The van der Waals surface area contributed by atoms with E-state index in [0.29, 0.717) is 22.3 Å². The molecule has 0 aliphatic carbocycles. The standard InChI is InChI=1S/C20H18ClN3O4S/c1-27-14-7-11(8-15(28-2)18(14)26)19-17-20(23-16(25)9-29-19)22-10-24(17)13-5-3-12(21)4-6-13/h3-8,10,19,26H,9H2,1-2H3,(H,23,25)/t19-/m1/s1. The third-order valence-corrected chi connectivity index (χ3v) is 6.11. The lowest BCUT2D eigenvalue weighted by molar-refractivity contribution is -0.113. The van der Waals surface area contributed by atoms with Crippen molar-refractivity contribution in [2.75, 3.05) is 25.3 Å². The Labute approximate surface area is 176 Å². The van der Waals surface area contributed by atoms with Crippen molar-refractivity contribution in [1.82, 2.24) is 9.55 Å². The first-order valence-electron chi connectivity index (χ1n) is 8.71. The second-order valence-corrected chi connectivity index (χ2v) is 7.87. The van der Waals surface area contributed by atoms with Crippen molar-refractivity contribution in [1.29, 1.82) is 0 Å². The second-order valence-electron chi connectivity index (χ2n) is 6.34. The number of fused-ring (bicyclic) bond motifs is 1. The van der Waals surface area contributed by atoms with Crippen molar-refractivity contribution in [2.24, 2.45) is 0 Å². The summed E-state index contributed by atoms with van der Waals surface area (Å²) in [6, 6.07) is 10.9. The molecule has 2 N–H and O–H groups in total. The van der Waals surface area contributed by atoms with Gasteiger partial charge in [-0.05, 0) is 42.0 Å². The van der Waals surface area contributed by atoms with E-state index in [1.54, 1.807) is 30.6 Å². The molecule has 3 aromatic rings.